The van der Waals surface area contributed by atoms with Gasteiger partial charge in [-0.2, -0.15) is 0 Å². The van der Waals surface area contributed by atoms with Gasteiger partial charge in [0.05, 0.1) is 0 Å². The van der Waals surface area contributed by atoms with Crippen LogP contribution in [-0.2, 0) is 0 Å². The smallest absolute Gasteiger partial charge is 0.00476 e. The lowest BCUT2D eigenvalue weighted by Gasteiger charge is -2.02. The summed E-state index contributed by atoms with van der Waals surface area (Å²) in [5, 5.41) is 3.94. The van der Waals surface area contributed by atoms with Crippen LogP contribution in [0.4, 0.5) is 0 Å². The van der Waals surface area contributed by atoms with Gasteiger partial charge >= 0.3 is 0 Å². The maximum atomic E-state index is 3.90. The predicted molar refractivity (Wildman–Crippen MR) is 62.4 cm³/mol. The third-order valence-corrected chi connectivity index (χ3v) is 3.06. The van der Waals surface area contributed by atoms with Gasteiger partial charge in [-0.1, -0.05) is 44.8 Å². The highest BCUT2D eigenvalue weighted by Gasteiger charge is 1.97. The minimum atomic E-state index is 1.10. The van der Waals surface area contributed by atoms with Crippen LogP contribution >= 0.6 is 8.20 Å². The molecule has 0 aliphatic rings. The molecule has 2 aromatic carbocycles. The minimum absolute atomic E-state index is 1.10. The number of benzene rings is 2. The Labute approximate surface area is 80.0 Å². The second kappa shape index (κ2) is 3.32. The molecule has 0 unspecified atom stereocenters. The van der Waals surface area contributed by atoms with Gasteiger partial charge in [0.25, 0.3) is 0 Å². The maximum Gasteiger partial charge on any atom is 0.00476 e. The Bertz CT molecular complexity index is 458. The van der Waals surface area contributed by atoms with Gasteiger partial charge in [-0.25, -0.2) is 0 Å². The Morgan fingerprint density at radius 1 is 1.08 bits per heavy atom. The summed E-state index contributed by atoms with van der Waals surface area (Å²) in [5.74, 6) is 0. The van der Waals surface area contributed by atoms with Crippen molar-refractivity contribution < 1.29 is 0 Å². The van der Waals surface area contributed by atoms with Crippen LogP contribution in [0.5, 0.6) is 0 Å². The van der Waals surface area contributed by atoms with Crippen LogP contribution in [0.1, 0.15) is 5.56 Å². The summed E-state index contributed by atoms with van der Waals surface area (Å²) in [6.45, 7) is 2.14. The van der Waals surface area contributed by atoms with Gasteiger partial charge in [-0.3, -0.25) is 0 Å². The zero-order valence-electron chi connectivity index (χ0n) is 7.62. The summed E-state index contributed by atoms with van der Waals surface area (Å²) in [4.78, 5) is 0. The zero-order chi connectivity index (χ0) is 9.26. The first-order valence-electron chi connectivity index (χ1n) is 4.27. The van der Waals surface area contributed by atoms with E-state index < -0.39 is 0 Å². The number of fused-ring (bicyclic) bond motifs is 1. The Hall–Kier alpha value is -1.13. The van der Waals surface area contributed by atoms with E-state index in [2.05, 4.69) is 49.6 Å². The average molecular weight is 186 g/mol. The highest BCUT2D eigenvalue weighted by Crippen LogP contribution is 2.16. The van der Waals surface area contributed by atoms with Crippen molar-refractivity contribution in [1.82, 2.24) is 0 Å². The van der Waals surface area contributed by atoms with E-state index in [1.165, 1.54) is 21.6 Å². The Morgan fingerprint density at radius 2 is 1.69 bits per heavy atom. The second-order valence-corrected chi connectivity index (χ2v) is 3.94. The summed E-state index contributed by atoms with van der Waals surface area (Å²) >= 11 is 0. The molecule has 0 spiro atoms. The molecular formula is C12H11P. The van der Waals surface area contributed by atoms with Gasteiger partial charge in [0.1, 0.15) is 0 Å². The normalized spacial score (nSPS) is 10.8. The van der Waals surface area contributed by atoms with E-state index >= 15 is 0 Å². The topological polar surface area (TPSA) is 0 Å². The van der Waals surface area contributed by atoms with Crippen LogP contribution in [0.2, 0.25) is 0 Å². The number of rotatable bonds is 1. The number of hydrogen-bond acceptors (Lipinski definition) is 0. The van der Waals surface area contributed by atoms with Crippen LogP contribution in [0.25, 0.3) is 10.8 Å². The van der Waals surface area contributed by atoms with E-state index in [1.54, 1.807) is 0 Å². The number of aryl methyl sites for hydroxylation is 1. The second-order valence-electron chi connectivity index (χ2n) is 3.14. The Kier molecular flexibility index (Phi) is 2.16. The van der Waals surface area contributed by atoms with Gasteiger partial charge in [-0.15, -0.1) is 0 Å². The van der Waals surface area contributed by atoms with Crippen molar-refractivity contribution in [2.45, 2.75) is 6.92 Å². The molecule has 1 heteroatoms. The fraction of sp³-hybridized carbons (Fsp3) is 0.0833. The molecule has 0 radical (unpaired) electrons. The van der Waals surface area contributed by atoms with Crippen molar-refractivity contribution in [2.24, 2.45) is 0 Å². The molecule has 0 saturated heterocycles. The molecule has 0 atom stereocenters. The third-order valence-electron chi connectivity index (χ3n) is 2.23. The molecule has 0 saturated carbocycles. The molecule has 0 N–H and O–H groups in total. The van der Waals surface area contributed by atoms with Crippen molar-refractivity contribution >= 4 is 30.6 Å². The minimum Gasteiger partial charge on any atom is -0.0761 e. The van der Waals surface area contributed by atoms with Gasteiger partial charge in [0.15, 0.2) is 0 Å². The van der Waals surface area contributed by atoms with Crippen LogP contribution in [0.15, 0.2) is 36.4 Å². The predicted octanol–water partition coefficient (Wildman–Crippen LogP) is 3.15. The molecule has 0 amide bonds. The first-order valence-corrected chi connectivity index (χ1v) is 5.35. The SMILES string of the molecule is C=Pc1cc2ccccc2cc1C. The molecule has 0 aliphatic carbocycles. The largest absolute Gasteiger partial charge is 0.0761 e. The highest BCUT2D eigenvalue weighted by atomic mass is 31.1. The lowest BCUT2D eigenvalue weighted by Crippen LogP contribution is -1.96. The van der Waals surface area contributed by atoms with E-state index in [1.807, 2.05) is 0 Å². The molecular weight excluding hydrogens is 175 g/mol. The van der Waals surface area contributed by atoms with E-state index in [0.717, 1.165) is 8.20 Å². The first kappa shape index (κ1) is 8.47. The third kappa shape index (κ3) is 1.50. The Balaban J connectivity index is 2.81. The summed E-state index contributed by atoms with van der Waals surface area (Å²) in [7, 11) is 1.10. The van der Waals surface area contributed by atoms with E-state index in [0.29, 0.717) is 0 Å². The Morgan fingerprint density at radius 3 is 2.31 bits per heavy atom. The van der Waals surface area contributed by atoms with Gasteiger partial charge in [0.2, 0.25) is 0 Å². The molecule has 2 rings (SSSR count). The lowest BCUT2D eigenvalue weighted by atomic mass is 10.1. The summed E-state index contributed by atoms with van der Waals surface area (Å²) in [6, 6.07) is 12.9. The highest BCUT2D eigenvalue weighted by molar-refractivity contribution is 7.45. The molecule has 64 valence electrons. The van der Waals surface area contributed by atoms with Crippen molar-refractivity contribution in [1.29, 1.82) is 0 Å². The van der Waals surface area contributed by atoms with E-state index in [-0.39, 0.29) is 0 Å². The maximum absolute atomic E-state index is 3.90. The number of hydrogen-bond donors (Lipinski definition) is 0. The molecule has 0 nitrogen and oxygen atoms in total. The fourth-order valence-electron chi connectivity index (χ4n) is 1.51. The molecule has 0 aromatic heterocycles. The van der Waals surface area contributed by atoms with Gasteiger partial charge in [-0.05, 0) is 29.3 Å². The van der Waals surface area contributed by atoms with Crippen LogP contribution in [-0.4, -0.2) is 6.30 Å². The van der Waals surface area contributed by atoms with Gasteiger partial charge in [0, 0.05) is 5.30 Å². The first-order chi connectivity index (χ1) is 6.31. The van der Waals surface area contributed by atoms with Crippen molar-refractivity contribution in [3.8, 4) is 0 Å². The summed E-state index contributed by atoms with van der Waals surface area (Å²) in [6.07, 6.45) is 3.90. The van der Waals surface area contributed by atoms with Gasteiger partial charge < -0.3 is 0 Å². The average Bonchev–Trinajstić information content (AvgIpc) is 2.17. The van der Waals surface area contributed by atoms with Crippen LogP contribution in [0, 0.1) is 6.92 Å². The quantitative estimate of drug-likeness (QED) is 0.600. The molecule has 0 heterocycles. The lowest BCUT2D eigenvalue weighted by molar-refractivity contribution is 1.55. The zero-order valence-corrected chi connectivity index (χ0v) is 8.51. The van der Waals surface area contributed by atoms with Crippen molar-refractivity contribution in [2.75, 3.05) is 0 Å². The van der Waals surface area contributed by atoms with Crippen molar-refractivity contribution in [3.05, 3.63) is 42.0 Å². The van der Waals surface area contributed by atoms with Crippen LogP contribution in [0.3, 0.4) is 0 Å². The molecule has 0 bridgehead atoms. The van der Waals surface area contributed by atoms with E-state index in [9.17, 15) is 0 Å². The molecule has 2 aromatic rings. The monoisotopic (exact) mass is 186 g/mol. The van der Waals surface area contributed by atoms with Crippen LogP contribution < -0.4 is 5.30 Å². The van der Waals surface area contributed by atoms with Crippen molar-refractivity contribution in [3.63, 3.8) is 0 Å². The molecule has 0 fully saturated rings. The standard InChI is InChI=1S/C12H11P/c1-9-7-10-5-3-4-6-11(10)8-12(9)13-2/h3-8H,2H2,1H3. The molecule has 0 aliphatic heterocycles. The summed E-state index contributed by atoms with van der Waals surface area (Å²) < 4.78 is 0. The fourth-order valence-corrected chi connectivity index (χ4v) is 2.06. The molecule has 13 heavy (non-hydrogen) atoms. The van der Waals surface area contributed by atoms with E-state index in [4.69, 9.17) is 0 Å². The summed E-state index contributed by atoms with van der Waals surface area (Å²) in [5.41, 5.74) is 1.33.